The van der Waals surface area contributed by atoms with Crippen molar-refractivity contribution in [2.45, 2.75) is 19.4 Å². The van der Waals surface area contributed by atoms with E-state index in [2.05, 4.69) is 15.6 Å². The van der Waals surface area contributed by atoms with Gasteiger partial charge >= 0.3 is 12.0 Å². The van der Waals surface area contributed by atoms with E-state index in [1.54, 1.807) is 11.7 Å². The summed E-state index contributed by atoms with van der Waals surface area (Å²) in [4.78, 5) is 27.1. The normalized spacial score (nSPS) is 16.2. The predicted molar refractivity (Wildman–Crippen MR) is 61.7 cm³/mol. The number of aromatic nitrogens is 1. The van der Waals surface area contributed by atoms with Crippen molar-refractivity contribution >= 4 is 23.3 Å². The van der Waals surface area contributed by atoms with Gasteiger partial charge in [0.05, 0.1) is 17.5 Å². The summed E-state index contributed by atoms with van der Waals surface area (Å²) in [5, 5.41) is 14.2. The first kappa shape index (κ1) is 11.8. The van der Waals surface area contributed by atoms with Crippen molar-refractivity contribution in [2.75, 3.05) is 6.54 Å². The minimum absolute atomic E-state index is 0.191. The van der Waals surface area contributed by atoms with Gasteiger partial charge in [0.25, 0.3) is 0 Å². The van der Waals surface area contributed by atoms with Crippen molar-refractivity contribution < 1.29 is 14.7 Å². The summed E-state index contributed by atoms with van der Waals surface area (Å²) in [5.41, 5.74) is 0.973. The maximum absolute atomic E-state index is 11.4. The molecule has 6 nitrogen and oxygen atoms in total. The molecule has 0 spiro atoms. The Balaban J connectivity index is 1.70. The number of nitrogens with zero attached hydrogens (tertiary/aromatic N) is 1. The third kappa shape index (κ3) is 2.94. The van der Waals surface area contributed by atoms with Gasteiger partial charge in [0, 0.05) is 17.6 Å². The molecule has 92 valence electrons. The third-order valence-corrected chi connectivity index (χ3v) is 3.58. The average Bonchev–Trinajstić information content (AvgIpc) is 2.93. The zero-order chi connectivity index (χ0) is 12.3. The molecule has 1 saturated carbocycles. The van der Waals surface area contributed by atoms with Crippen LogP contribution in [0.15, 0.2) is 11.7 Å². The number of aliphatic carboxylic acids is 1. The molecule has 1 aromatic rings. The third-order valence-electron chi connectivity index (χ3n) is 2.80. The van der Waals surface area contributed by atoms with Gasteiger partial charge in [-0.3, -0.25) is 9.78 Å². The molecule has 0 atom stereocenters. The van der Waals surface area contributed by atoms with Crippen LogP contribution < -0.4 is 10.6 Å². The minimum atomic E-state index is -0.833. The summed E-state index contributed by atoms with van der Waals surface area (Å²) >= 11 is 1.46. The first-order valence-electron chi connectivity index (χ1n) is 5.25. The van der Waals surface area contributed by atoms with Gasteiger partial charge in [-0.15, -0.1) is 11.3 Å². The Kier molecular flexibility index (Phi) is 3.28. The fourth-order valence-electron chi connectivity index (χ4n) is 1.43. The number of carbonyl (C=O) groups excluding carboxylic acids is 1. The van der Waals surface area contributed by atoms with Crippen LogP contribution in [0, 0.1) is 5.41 Å². The fourth-order valence-corrected chi connectivity index (χ4v) is 1.96. The molecule has 2 amide bonds. The van der Waals surface area contributed by atoms with E-state index in [0.29, 0.717) is 19.4 Å². The minimum Gasteiger partial charge on any atom is -0.481 e. The molecule has 1 fully saturated rings. The Bertz CT molecular complexity index is 414. The summed E-state index contributed by atoms with van der Waals surface area (Å²) < 4.78 is 0. The lowest BCUT2D eigenvalue weighted by Crippen LogP contribution is -2.40. The summed E-state index contributed by atoms with van der Waals surface area (Å²) in [6.07, 6.45) is 2.96. The maximum Gasteiger partial charge on any atom is 0.315 e. The standard InChI is InChI=1S/C10H13N3O3S/c14-8(15)10(1-2-10)5-13-9(16)12-4-7-3-11-6-17-7/h3,6H,1-2,4-5H2,(H,14,15)(H2,12,13,16). The van der Waals surface area contributed by atoms with Crippen LogP contribution in [0.25, 0.3) is 0 Å². The number of thiazole rings is 1. The molecule has 1 aliphatic rings. The van der Waals surface area contributed by atoms with Gasteiger partial charge in [0.1, 0.15) is 0 Å². The number of rotatable bonds is 5. The monoisotopic (exact) mass is 255 g/mol. The van der Waals surface area contributed by atoms with E-state index in [4.69, 9.17) is 5.11 Å². The average molecular weight is 255 g/mol. The van der Waals surface area contributed by atoms with Crippen molar-refractivity contribution in [1.82, 2.24) is 15.6 Å². The summed E-state index contributed by atoms with van der Waals surface area (Å²) in [6.45, 7) is 0.605. The molecule has 7 heteroatoms. The molecule has 0 radical (unpaired) electrons. The first-order valence-corrected chi connectivity index (χ1v) is 6.13. The van der Waals surface area contributed by atoms with Gasteiger partial charge in [-0.05, 0) is 12.8 Å². The zero-order valence-corrected chi connectivity index (χ0v) is 9.92. The molecule has 0 aliphatic heterocycles. The Morgan fingerprint density at radius 2 is 2.24 bits per heavy atom. The van der Waals surface area contributed by atoms with E-state index in [9.17, 15) is 9.59 Å². The lowest BCUT2D eigenvalue weighted by Gasteiger charge is -2.11. The topological polar surface area (TPSA) is 91.3 Å². The fraction of sp³-hybridized carbons (Fsp3) is 0.500. The Morgan fingerprint density at radius 3 is 2.76 bits per heavy atom. The number of hydrogen-bond donors (Lipinski definition) is 3. The molecule has 3 N–H and O–H groups in total. The zero-order valence-electron chi connectivity index (χ0n) is 9.10. The highest BCUT2D eigenvalue weighted by atomic mass is 32.1. The van der Waals surface area contributed by atoms with E-state index < -0.39 is 11.4 Å². The second kappa shape index (κ2) is 4.70. The largest absolute Gasteiger partial charge is 0.481 e. The second-order valence-corrected chi connectivity index (χ2v) is 5.06. The smallest absolute Gasteiger partial charge is 0.315 e. The highest BCUT2D eigenvalue weighted by molar-refractivity contribution is 7.09. The van der Waals surface area contributed by atoms with Crippen LogP contribution in [0.4, 0.5) is 4.79 Å². The van der Waals surface area contributed by atoms with Gasteiger partial charge < -0.3 is 15.7 Å². The number of hydrogen-bond acceptors (Lipinski definition) is 4. The van der Waals surface area contributed by atoms with Crippen LogP contribution in [-0.2, 0) is 11.3 Å². The van der Waals surface area contributed by atoms with Crippen LogP contribution >= 0.6 is 11.3 Å². The molecule has 1 aromatic heterocycles. The Labute approximate surface area is 102 Å². The number of carbonyl (C=O) groups is 2. The molecule has 1 heterocycles. The van der Waals surface area contributed by atoms with E-state index in [-0.39, 0.29) is 12.6 Å². The van der Waals surface area contributed by atoms with Crippen molar-refractivity contribution in [3.63, 3.8) is 0 Å². The number of urea groups is 1. The van der Waals surface area contributed by atoms with Gasteiger partial charge in [0.2, 0.25) is 0 Å². The molecule has 0 unspecified atom stereocenters. The van der Waals surface area contributed by atoms with Crippen LogP contribution in [0.5, 0.6) is 0 Å². The summed E-state index contributed by atoms with van der Waals surface area (Å²) in [6, 6.07) is -0.342. The number of nitrogens with one attached hydrogen (secondary N) is 2. The van der Waals surface area contributed by atoms with Crippen LogP contribution in [0.3, 0.4) is 0 Å². The molecule has 1 aliphatic carbocycles. The molecular weight excluding hydrogens is 242 g/mol. The van der Waals surface area contributed by atoms with Crippen LogP contribution in [0.2, 0.25) is 0 Å². The van der Waals surface area contributed by atoms with Crippen molar-refractivity contribution in [2.24, 2.45) is 5.41 Å². The lowest BCUT2D eigenvalue weighted by atomic mass is 10.1. The Hall–Kier alpha value is -1.63. The van der Waals surface area contributed by atoms with Gasteiger partial charge in [-0.25, -0.2) is 4.79 Å². The molecule has 0 saturated heterocycles. The highest BCUT2D eigenvalue weighted by Gasteiger charge is 2.50. The van der Waals surface area contributed by atoms with E-state index in [0.717, 1.165) is 4.88 Å². The number of carboxylic acid groups (broad SMARTS) is 1. The predicted octanol–water partition coefficient (Wildman–Crippen LogP) is 0.807. The second-order valence-electron chi connectivity index (χ2n) is 4.09. The number of amides is 2. The van der Waals surface area contributed by atoms with E-state index in [1.807, 2.05) is 0 Å². The lowest BCUT2D eigenvalue weighted by molar-refractivity contribution is -0.143. The maximum atomic E-state index is 11.4. The van der Waals surface area contributed by atoms with Gasteiger partial charge in [-0.1, -0.05) is 0 Å². The molecule has 0 aromatic carbocycles. The summed E-state index contributed by atoms with van der Waals surface area (Å²) in [7, 11) is 0. The molecule has 17 heavy (non-hydrogen) atoms. The molecule has 2 rings (SSSR count). The van der Waals surface area contributed by atoms with E-state index >= 15 is 0 Å². The quantitative estimate of drug-likeness (QED) is 0.726. The summed E-state index contributed by atoms with van der Waals surface area (Å²) in [5.74, 6) is -0.833. The van der Waals surface area contributed by atoms with Crippen LogP contribution in [-0.4, -0.2) is 28.6 Å². The van der Waals surface area contributed by atoms with Crippen LogP contribution in [0.1, 0.15) is 17.7 Å². The Morgan fingerprint density at radius 1 is 1.47 bits per heavy atom. The molecular formula is C10H13N3O3S. The highest BCUT2D eigenvalue weighted by Crippen LogP contribution is 2.45. The van der Waals surface area contributed by atoms with Crippen molar-refractivity contribution in [3.8, 4) is 0 Å². The van der Waals surface area contributed by atoms with E-state index in [1.165, 1.54) is 11.3 Å². The van der Waals surface area contributed by atoms with Gasteiger partial charge in [0.15, 0.2) is 0 Å². The SMILES string of the molecule is O=C(NCc1cncs1)NCC1(C(=O)O)CC1. The van der Waals surface area contributed by atoms with Crippen molar-refractivity contribution in [3.05, 3.63) is 16.6 Å². The van der Waals surface area contributed by atoms with Crippen molar-refractivity contribution in [1.29, 1.82) is 0 Å². The first-order chi connectivity index (χ1) is 8.12. The van der Waals surface area contributed by atoms with Gasteiger partial charge in [-0.2, -0.15) is 0 Å². The number of carboxylic acids is 1. The molecule has 0 bridgehead atoms.